The number of hydrogen-bond donors (Lipinski definition) is 1. The van der Waals surface area contributed by atoms with Gasteiger partial charge in [-0.05, 0) is 19.8 Å². The molecule has 0 bridgehead atoms. The molecule has 2 heterocycles. The van der Waals surface area contributed by atoms with Crippen molar-refractivity contribution in [1.82, 2.24) is 25.2 Å². The van der Waals surface area contributed by atoms with Gasteiger partial charge >= 0.3 is 0 Å². The van der Waals surface area contributed by atoms with Crippen molar-refractivity contribution in [3.63, 3.8) is 0 Å². The zero-order valence-electron chi connectivity index (χ0n) is 10.7. The van der Waals surface area contributed by atoms with E-state index in [1.165, 1.54) is 24.2 Å². The lowest BCUT2D eigenvalue weighted by atomic mass is 10.2. The number of hydrogen-bond acceptors (Lipinski definition) is 6. The molecule has 0 fully saturated rings. The van der Waals surface area contributed by atoms with Gasteiger partial charge in [0.25, 0.3) is 0 Å². The molecule has 7 heteroatoms. The fourth-order valence-corrected chi connectivity index (χ4v) is 2.36. The molecule has 2 N–H and O–H groups in total. The van der Waals surface area contributed by atoms with Crippen molar-refractivity contribution in [1.29, 1.82) is 0 Å². The van der Waals surface area contributed by atoms with Crippen LogP contribution in [-0.2, 0) is 6.42 Å². The van der Waals surface area contributed by atoms with Crippen molar-refractivity contribution in [2.24, 2.45) is 0 Å². The van der Waals surface area contributed by atoms with Crippen LogP contribution in [0.1, 0.15) is 49.9 Å². The molecule has 0 amide bonds. The maximum atomic E-state index is 5.58. The molecule has 98 valence electrons. The van der Waals surface area contributed by atoms with Gasteiger partial charge in [0.2, 0.25) is 5.13 Å². The Morgan fingerprint density at radius 1 is 1.33 bits per heavy atom. The van der Waals surface area contributed by atoms with Gasteiger partial charge in [-0.1, -0.05) is 36.3 Å². The van der Waals surface area contributed by atoms with Crippen LogP contribution >= 0.6 is 11.3 Å². The molecule has 6 nitrogen and oxygen atoms in total. The molecule has 2 aromatic heterocycles. The highest BCUT2D eigenvalue weighted by Crippen LogP contribution is 2.22. The smallest absolute Gasteiger partial charge is 0.203 e. The van der Waals surface area contributed by atoms with Crippen LogP contribution < -0.4 is 5.73 Å². The molecular formula is C11H18N6S. The van der Waals surface area contributed by atoms with Crippen LogP contribution in [0.15, 0.2) is 6.20 Å². The lowest BCUT2D eigenvalue weighted by Crippen LogP contribution is -2.07. The molecule has 2 rings (SSSR count). The van der Waals surface area contributed by atoms with E-state index in [1.54, 1.807) is 0 Å². The van der Waals surface area contributed by atoms with Gasteiger partial charge in [0.05, 0.1) is 5.69 Å². The van der Waals surface area contributed by atoms with E-state index in [-0.39, 0.29) is 6.04 Å². The molecule has 0 saturated heterocycles. The Kier molecular flexibility index (Phi) is 4.24. The van der Waals surface area contributed by atoms with Gasteiger partial charge in [0, 0.05) is 6.20 Å². The summed E-state index contributed by atoms with van der Waals surface area (Å²) in [5.41, 5.74) is 6.62. The normalized spacial score (nSPS) is 12.8. The predicted molar refractivity (Wildman–Crippen MR) is 71.4 cm³/mol. The Labute approximate surface area is 110 Å². The highest BCUT2D eigenvalue weighted by Gasteiger charge is 2.14. The summed E-state index contributed by atoms with van der Waals surface area (Å²) in [5, 5.41) is 17.5. The number of aromatic nitrogens is 5. The van der Waals surface area contributed by atoms with E-state index in [0.29, 0.717) is 5.13 Å². The van der Waals surface area contributed by atoms with Crippen molar-refractivity contribution >= 4 is 16.5 Å². The van der Waals surface area contributed by atoms with Crippen LogP contribution in [0.4, 0.5) is 5.13 Å². The Hall–Kier alpha value is -1.50. The summed E-state index contributed by atoms with van der Waals surface area (Å²) in [5.74, 6) is 0. The number of rotatable bonds is 6. The molecular weight excluding hydrogens is 248 g/mol. The predicted octanol–water partition coefficient (Wildman–Crippen LogP) is 2.05. The zero-order chi connectivity index (χ0) is 13.0. The van der Waals surface area contributed by atoms with Crippen molar-refractivity contribution in [3.05, 3.63) is 16.9 Å². The van der Waals surface area contributed by atoms with Gasteiger partial charge in [-0.15, -0.1) is 15.3 Å². The Morgan fingerprint density at radius 2 is 2.17 bits per heavy atom. The fourth-order valence-electron chi connectivity index (χ4n) is 1.70. The van der Waals surface area contributed by atoms with Crippen LogP contribution in [0.2, 0.25) is 0 Å². The van der Waals surface area contributed by atoms with Gasteiger partial charge in [0.1, 0.15) is 11.0 Å². The highest BCUT2D eigenvalue weighted by atomic mass is 32.1. The van der Waals surface area contributed by atoms with Crippen LogP contribution in [0.3, 0.4) is 0 Å². The topological polar surface area (TPSA) is 82.5 Å². The number of nitrogens with two attached hydrogens (primary N) is 1. The fraction of sp³-hybridized carbons (Fsp3) is 0.636. The van der Waals surface area contributed by atoms with Gasteiger partial charge < -0.3 is 5.73 Å². The summed E-state index contributed by atoms with van der Waals surface area (Å²) in [6.07, 6.45) is 6.58. The van der Waals surface area contributed by atoms with Crippen molar-refractivity contribution in [2.75, 3.05) is 5.73 Å². The molecule has 0 saturated carbocycles. The number of nitrogen functional groups attached to an aromatic ring is 1. The van der Waals surface area contributed by atoms with Crippen molar-refractivity contribution in [2.45, 2.75) is 45.6 Å². The van der Waals surface area contributed by atoms with E-state index >= 15 is 0 Å². The molecule has 0 spiro atoms. The minimum Gasteiger partial charge on any atom is -0.374 e. The van der Waals surface area contributed by atoms with E-state index in [1.807, 2.05) is 17.8 Å². The standard InChI is InChI=1S/C11H18N6S/c1-3-4-5-6-9-7-17(16-13-9)8(2)10-14-15-11(12)18-10/h7-8H,3-6H2,1-2H3,(H2,12,15)/t8-/m1/s1. The summed E-state index contributed by atoms with van der Waals surface area (Å²) < 4.78 is 1.82. The van der Waals surface area contributed by atoms with Gasteiger partial charge in [0.15, 0.2) is 0 Å². The molecule has 0 unspecified atom stereocenters. The van der Waals surface area contributed by atoms with Crippen molar-refractivity contribution < 1.29 is 0 Å². The Balaban J connectivity index is 2.00. The summed E-state index contributed by atoms with van der Waals surface area (Å²) >= 11 is 1.39. The minimum absolute atomic E-state index is 0.0345. The largest absolute Gasteiger partial charge is 0.374 e. The molecule has 0 aliphatic heterocycles. The number of nitrogens with zero attached hydrogens (tertiary/aromatic N) is 5. The van der Waals surface area contributed by atoms with Gasteiger partial charge in [-0.2, -0.15) is 0 Å². The Bertz CT molecular complexity index is 491. The Morgan fingerprint density at radius 3 is 2.83 bits per heavy atom. The minimum atomic E-state index is 0.0345. The quantitative estimate of drug-likeness (QED) is 0.809. The van der Waals surface area contributed by atoms with E-state index in [0.717, 1.165) is 23.5 Å². The third-order valence-corrected chi connectivity index (χ3v) is 3.73. The van der Waals surface area contributed by atoms with Crippen LogP contribution in [0.5, 0.6) is 0 Å². The monoisotopic (exact) mass is 266 g/mol. The first-order valence-corrected chi connectivity index (χ1v) is 7.02. The maximum Gasteiger partial charge on any atom is 0.203 e. The third kappa shape index (κ3) is 3.04. The SMILES string of the molecule is CCCCCc1cn([C@H](C)c2nnc(N)s2)nn1. The first-order valence-electron chi connectivity index (χ1n) is 6.20. The second-order valence-electron chi connectivity index (χ2n) is 4.30. The first-order chi connectivity index (χ1) is 8.70. The second-order valence-corrected chi connectivity index (χ2v) is 5.34. The van der Waals surface area contributed by atoms with Crippen LogP contribution in [-0.4, -0.2) is 25.2 Å². The second kappa shape index (κ2) is 5.90. The summed E-state index contributed by atoms with van der Waals surface area (Å²) in [4.78, 5) is 0. The number of aryl methyl sites for hydroxylation is 1. The molecule has 18 heavy (non-hydrogen) atoms. The summed E-state index contributed by atoms with van der Waals surface area (Å²) in [6, 6.07) is 0.0345. The lowest BCUT2D eigenvalue weighted by molar-refractivity contribution is 0.537. The molecule has 0 radical (unpaired) electrons. The van der Waals surface area contributed by atoms with E-state index in [4.69, 9.17) is 5.73 Å². The molecule has 0 aromatic carbocycles. The number of unbranched alkanes of at least 4 members (excludes halogenated alkanes) is 2. The highest BCUT2D eigenvalue weighted by molar-refractivity contribution is 7.15. The lowest BCUT2D eigenvalue weighted by Gasteiger charge is -2.05. The average molecular weight is 266 g/mol. The molecule has 0 aliphatic carbocycles. The summed E-state index contributed by atoms with van der Waals surface area (Å²) in [6.45, 7) is 4.21. The van der Waals surface area contributed by atoms with Crippen LogP contribution in [0.25, 0.3) is 0 Å². The maximum absolute atomic E-state index is 5.58. The summed E-state index contributed by atoms with van der Waals surface area (Å²) in [7, 11) is 0. The zero-order valence-corrected chi connectivity index (χ0v) is 11.5. The van der Waals surface area contributed by atoms with Crippen LogP contribution in [0, 0.1) is 0 Å². The first kappa shape index (κ1) is 12.9. The molecule has 2 aromatic rings. The van der Waals surface area contributed by atoms with E-state index in [9.17, 15) is 0 Å². The average Bonchev–Trinajstić information content (AvgIpc) is 2.98. The molecule has 0 aliphatic rings. The van der Waals surface area contributed by atoms with E-state index < -0.39 is 0 Å². The van der Waals surface area contributed by atoms with Crippen molar-refractivity contribution in [3.8, 4) is 0 Å². The van der Waals surface area contributed by atoms with E-state index in [2.05, 4.69) is 27.4 Å². The number of anilines is 1. The van der Waals surface area contributed by atoms with Gasteiger partial charge in [-0.25, -0.2) is 4.68 Å². The van der Waals surface area contributed by atoms with Gasteiger partial charge in [-0.3, -0.25) is 0 Å². The molecule has 1 atom stereocenters. The third-order valence-electron chi connectivity index (χ3n) is 2.80.